The van der Waals surface area contributed by atoms with Gasteiger partial charge in [-0.3, -0.25) is 9.69 Å². The number of ether oxygens (including phenoxy) is 2. The third kappa shape index (κ3) is 5.91. The molecule has 1 saturated heterocycles. The Hall–Kier alpha value is -4.04. The van der Waals surface area contributed by atoms with E-state index in [2.05, 4.69) is 4.99 Å². The van der Waals surface area contributed by atoms with Crippen molar-refractivity contribution in [3.63, 3.8) is 0 Å². The molecule has 1 fully saturated rings. The number of benzene rings is 3. The maximum Gasteiger partial charge on any atom is 0.335 e. The fraction of sp³-hybridized carbons (Fsp3) is 0.148. The number of carbonyl (C=O) groups excluding carboxylic acids is 1. The smallest absolute Gasteiger partial charge is 0.335 e. The van der Waals surface area contributed by atoms with Crippen LogP contribution >= 0.6 is 11.8 Å². The summed E-state index contributed by atoms with van der Waals surface area (Å²) in [4.78, 5) is 30.8. The number of amides is 1. The van der Waals surface area contributed by atoms with Gasteiger partial charge >= 0.3 is 5.97 Å². The Labute approximate surface area is 207 Å². The Morgan fingerprint density at radius 3 is 2.26 bits per heavy atom. The molecule has 35 heavy (non-hydrogen) atoms. The maximum absolute atomic E-state index is 12.9. The molecule has 1 amide bonds. The highest BCUT2D eigenvalue weighted by atomic mass is 32.2. The Balaban J connectivity index is 1.43. The number of hydrogen-bond acceptors (Lipinski definition) is 6. The zero-order valence-corrected chi connectivity index (χ0v) is 20.1. The van der Waals surface area contributed by atoms with Crippen molar-refractivity contribution in [2.24, 2.45) is 4.99 Å². The predicted molar refractivity (Wildman–Crippen MR) is 137 cm³/mol. The molecule has 1 aliphatic heterocycles. The van der Waals surface area contributed by atoms with Crippen LogP contribution in [0.15, 0.2) is 82.7 Å². The summed E-state index contributed by atoms with van der Waals surface area (Å²) in [7, 11) is 1.61. The van der Waals surface area contributed by atoms with Crippen LogP contribution in [0.2, 0.25) is 0 Å². The van der Waals surface area contributed by atoms with E-state index in [0.29, 0.717) is 29.0 Å². The van der Waals surface area contributed by atoms with E-state index in [1.165, 1.54) is 11.8 Å². The first kappa shape index (κ1) is 24.1. The Kier molecular flexibility index (Phi) is 7.52. The zero-order chi connectivity index (χ0) is 24.8. The molecule has 0 aliphatic carbocycles. The summed E-state index contributed by atoms with van der Waals surface area (Å²) < 4.78 is 11.0. The number of carboxylic acids is 1. The second-order valence-electron chi connectivity index (χ2n) is 7.61. The van der Waals surface area contributed by atoms with Crippen LogP contribution in [0, 0.1) is 0 Å². The number of aliphatic imine (C=N–C) groups is 1. The van der Waals surface area contributed by atoms with Gasteiger partial charge < -0.3 is 14.6 Å². The summed E-state index contributed by atoms with van der Waals surface area (Å²) in [6.07, 6.45) is 1.85. The maximum atomic E-state index is 12.9. The van der Waals surface area contributed by atoms with Gasteiger partial charge in [-0.2, -0.15) is 0 Å². The van der Waals surface area contributed by atoms with Gasteiger partial charge in [0, 0.05) is 6.54 Å². The highest BCUT2D eigenvalue weighted by molar-refractivity contribution is 8.18. The number of nitrogens with zero attached hydrogens (tertiary/aromatic N) is 2. The van der Waals surface area contributed by atoms with Crippen molar-refractivity contribution in [3.8, 4) is 11.5 Å². The average molecular weight is 489 g/mol. The van der Waals surface area contributed by atoms with E-state index in [9.17, 15) is 9.59 Å². The lowest BCUT2D eigenvalue weighted by Gasteiger charge is -2.12. The molecule has 0 spiro atoms. The van der Waals surface area contributed by atoms with Crippen LogP contribution in [0.1, 0.15) is 28.4 Å². The summed E-state index contributed by atoms with van der Waals surface area (Å²) in [5, 5.41) is 9.62. The van der Waals surface area contributed by atoms with Gasteiger partial charge in [-0.05, 0) is 84.4 Å². The van der Waals surface area contributed by atoms with Crippen LogP contribution in [-0.4, -0.2) is 40.7 Å². The molecular weight excluding hydrogens is 464 g/mol. The number of thioether (sulfide) groups is 1. The van der Waals surface area contributed by atoms with Gasteiger partial charge in [0.15, 0.2) is 5.17 Å². The molecule has 8 heteroatoms. The summed E-state index contributed by atoms with van der Waals surface area (Å²) >= 11 is 1.35. The van der Waals surface area contributed by atoms with Gasteiger partial charge in [0.2, 0.25) is 0 Å². The van der Waals surface area contributed by atoms with Gasteiger partial charge in [-0.1, -0.05) is 24.3 Å². The molecule has 0 saturated carbocycles. The van der Waals surface area contributed by atoms with Crippen molar-refractivity contribution < 1.29 is 24.2 Å². The van der Waals surface area contributed by atoms with Gasteiger partial charge in [-0.15, -0.1) is 0 Å². The number of aromatic carboxylic acids is 1. The second-order valence-corrected chi connectivity index (χ2v) is 8.62. The Bertz CT molecular complexity index is 1270. The lowest BCUT2D eigenvalue weighted by Crippen LogP contribution is -2.28. The van der Waals surface area contributed by atoms with Crippen molar-refractivity contribution in [3.05, 3.63) is 94.4 Å². The number of methoxy groups -OCH3 is 1. The molecule has 0 aromatic heterocycles. The van der Waals surface area contributed by atoms with Crippen LogP contribution < -0.4 is 9.47 Å². The van der Waals surface area contributed by atoms with Gasteiger partial charge in [0.05, 0.1) is 23.3 Å². The minimum Gasteiger partial charge on any atom is -0.497 e. The minimum atomic E-state index is -0.956. The molecule has 3 aromatic carbocycles. The summed E-state index contributed by atoms with van der Waals surface area (Å²) in [6.45, 7) is 2.77. The summed E-state index contributed by atoms with van der Waals surface area (Å²) in [6, 6.07) is 21.4. The van der Waals surface area contributed by atoms with Crippen LogP contribution in [0.3, 0.4) is 0 Å². The SMILES string of the molecule is CCN1C(=O)C(=Cc2ccc(OCc3ccc(C(=O)O)cc3)cc2)SC1=Nc1ccc(OC)cc1. The van der Waals surface area contributed by atoms with E-state index in [0.717, 1.165) is 22.6 Å². The molecule has 1 heterocycles. The van der Waals surface area contributed by atoms with Crippen molar-refractivity contribution in [1.82, 2.24) is 4.90 Å². The van der Waals surface area contributed by atoms with Crippen LogP contribution in [-0.2, 0) is 11.4 Å². The summed E-state index contributed by atoms with van der Waals surface area (Å²) in [5.41, 5.74) is 2.74. The number of carbonyl (C=O) groups is 2. The number of likely N-dealkylation sites (N-methyl/N-ethyl adjacent to an activating group) is 1. The van der Waals surface area contributed by atoms with Crippen molar-refractivity contribution in [2.45, 2.75) is 13.5 Å². The molecule has 7 nitrogen and oxygen atoms in total. The van der Waals surface area contributed by atoms with Crippen LogP contribution in [0.4, 0.5) is 5.69 Å². The molecular formula is C27H24N2O5S. The minimum absolute atomic E-state index is 0.0742. The predicted octanol–water partition coefficient (Wildman–Crippen LogP) is 5.60. The monoisotopic (exact) mass is 488 g/mol. The van der Waals surface area contributed by atoms with E-state index in [1.54, 1.807) is 36.3 Å². The highest BCUT2D eigenvalue weighted by Gasteiger charge is 2.32. The van der Waals surface area contributed by atoms with Crippen molar-refractivity contribution >= 4 is 40.6 Å². The largest absolute Gasteiger partial charge is 0.497 e. The number of amidine groups is 1. The molecule has 4 rings (SSSR count). The third-order valence-electron chi connectivity index (χ3n) is 5.29. The molecule has 1 aliphatic rings. The number of rotatable bonds is 8. The third-order valence-corrected chi connectivity index (χ3v) is 6.29. The first-order chi connectivity index (χ1) is 17.0. The van der Waals surface area contributed by atoms with E-state index >= 15 is 0 Å². The molecule has 0 atom stereocenters. The van der Waals surface area contributed by atoms with Crippen molar-refractivity contribution in [1.29, 1.82) is 0 Å². The van der Waals surface area contributed by atoms with Gasteiger partial charge in [0.1, 0.15) is 18.1 Å². The topological polar surface area (TPSA) is 88.4 Å². The Morgan fingerprint density at radius 2 is 1.66 bits per heavy atom. The molecule has 0 unspecified atom stereocenters. The van der Waals surface area contributed by atoms with E-state index in [1.807, 2.05) is 61.5 Å². The molecule has 0 radical (unpaired) electrons. The molecule has 0 bridgehead atoms. The molecule has 3 aromatic rings. The number of carboxylic acid groups (broad SMARTS) is 1. The van der Waals surface area contributed by atoms with Crippen LogP contribution in [0.25, 0.3) is 6.08 Å². The first-order valence-electron chi connectivity index (χ1n) is 11.0. The standard InChI is InChI=1S/C27H24N2O5S/c1-3-29-25(30)24(35-27(29)28-21-10-14-22(33-2)15-11-21)16-18-6-12-23(13-7-18)34-17-19-4-8-20(9-5-19)26(31)32/h4-16H,3,17H2,1-2H3,(H,31,32). The van der Waals surface area contributed by atoms with Crippen molar-refractivity contribution in [2.75, 3.05) is 13.7 Å². The summed E-state index contributed by atoms with van der Waals surface area (Å²) in [5.74, 6) is 0.398. The quantitative estimate of drug-likeness (QED) is 0.416. The van der Waals surface area contributed by atoms with Gasteiger partial charge in [-0.25, -0.2) is 9.79 Å². The van der Waals surface area contributed by atoms with Gasteiger partial charge in [0.25, 0.3) is 5.91 Å². The zero-order valence-electron chi connectivity index (χ0n) is 19.3. The second kappa shape index (κ2) is 10.9. The van der Waals surface area contributed by atoms with E-state index < -0.39 is 5.97 Å². The lowest BCUT2D eigenvalue weighted by atomic mass is 10.1. The molecule has 178 valence electrons. The van der Waals surface area contributed by atoms with E-state index in [-0.39, 0.29) is 11.5 Å². The number of hydrogen-bond donors (Lipinski definition) is 1. The fourth-order valence-electron chi connectivity index (χ4n) is 3.36. The average Bonchev–Trinajstić information content (AvgIpc) is 3.17. The first-order valence-corrected chi connectivity index (χ1v) is 11.8. The van der Waals surface area contributed by atoms with E-state index in [4.69, 9.17) is 14.6 Å². The lowest BCUT2D eigenvalue weighted by molar-refractivity contribution is -0.122. The highest BCUT2D eigenvalue weighted by Crippen LogP contribution is 2.34. The van der Waals surface area contributed by atoms with Crippen LogP contribution in [0.5, 0.6) is 11.5 Å². The molecule has 1 N–H and O–H groups in total. The Morgan fingerprint density at radius 1 is 1.00 bits per heavy atom. The fourth-order valence-corrected chi connectivity index (χ4v) is 4.42. The normalized spacial score (nSPS) is 15.6.